The smallest absolute Gasteiger partial charge is 0.251 e. The number of ether oxygens (including phenoxy) is 1. The van der Waals surface area contributed by atoms with Crippen molar-refractivity contribution < 1.29 is 9.53 Å². The monoisotopic (exact) mass is 342 g/mol. The largest absolute Gasteiger partial charge is 0.373 e. The summed E-state index contributed by atoms with van der Waals surface area (Å²) in [5, 5.41) is 3.30. The van der Waals surface area contributed by atoms with Crippen LogP contribution < -0.4 is 5.32 Å². The zero-order valence-electron chi connectivity index (χ0n) is 15.4. The number of morpholine rings is 1. The zero-order valence-corrected chi connectivity index (χ0v) is 15.4. The summed E-state index contributed by atoms with van der Waals surface area (Å²) >= 11 is 0. The summed E-state index contributed by atoms with van der Waals surface area (Å²) in [6.07, 6.45) is 5.73. The molecule has 1 saturated heterocycles. The third kappa shape index (κ3) is 4.42. The van der Waals surface area contributed by atoms with Gasteiger partial charge in [-0.15, -0.1) is 0 Å². The molecule has 136 valence electrons. The van der Waals surface area contributed by atoms with E-state index < -0.39 is 0 Å². The highest BCUT2D eigenvalue weighted by Crippen LogP contribution is 2.44. The van der Waals surface area contributed by atoms with Crippen LogP contribution in [0.3, 0.4) is 0 Å². The number of benzene rings is 1. The molecule has 1 aromatic rings. The Bertz CT molecular complexity index is 585. The third-order valence-corrected chi connectivity index (χ3v) is 5.68. The number of carbonyl (C=O) groups is 1. The Kier molecular flexibility index (Phi) is 4.83. The van der Waals surface area contributed by atoms with E-state index in [0.29, 0.717) is 6.04 Å². The molecule has 2 atom stereocenters. The van der Waals surface area contributed by atoms with Crippen molar-refractivity contribution in [1.82, 2.24) is 10.2 Å². The molecule has 2 aliphatic carbocycles. The van der Waals surface area contributed by atoms with E-state index in [1.807, 2.05) is 12.1 Å². The van der Waals surface area contributed by atoms with E-state index in [2.05, 4.69) is 36.2 Å². The fourth-order valence-electron chi connectivity index (χ4n) is 4.20. The van der Waals surface area contributed by atoms with E-state index in [1.165, 1.54) is 31.2 Å². The number of nitrogens with one attached hydrogen (secondary N) is 1. The molecule has 4 heteroatoms. The molecular weight excluding hydrogens is 312 g/mol. The van der Waals surface area contributed by atoms with Crippen LogP contribution in [0.4, 0.5) is 0 Å². The Morgan fingerprint density at radius 3 is 2.16 bits per heavy atom. The minimum Gasteiger partial charge on any atom is -0.373 e. The maximum atomic E-state index is 12.6. The molecule has 0 bridgehead atoms. The first-order valence-corrected chi connectivity index (χ1v) is 9.86. The van der Waals surface area contributed by atoms with Crippen molar-refractivity contribution in [1.29, 1.82) is 0 Å². The normalized spacial score (nSPS) is 27.5. The first-order chi connectivity index (χ1) is 12.1. The quantitative estimate of drug-likeness (QED) is 0.863. The van der Waals surface area contributed by atoms with E-state index in [1.54, 1.807) is 0 Å². The molecule has 1 aromatic carbocycles. The highest BCUT2D eigenvalue weighted by Gasteiger charge is 2.42. The second kappa shape index (κ2) is 7.08. The van der Waals surface area contributed by atoms with Crippen LogP contribution in [0.2, 0.25) is 0 Å². The average molecular weight is 342 g/mol. The lowest BCUT2D eigenvalue weighted by Gasteiger charge is -2.35. The van der Waals surface area contributed by atoms with E-state index in [0.717, 1.165) is 37.0 Å². The predicted octanol–water partition coefficient (Wildman–Crippen LogP) is 3.21. The molecule has 25 heavy (non-hydrogen) atoms. The van der Waals surface area contributed by atoms with Gasteiger partial charge in [-0.05, 0) is 69.1 Å². The molecule has 1 heterocycles. The second-order valence-corrected chi connectivity index (χ2v) is 8.32. The first kappa shape index (κ1) is 17.0. The molecule has 0 spiro atoms. The topological polar surface area (TPSA) is 41.6 Å². The van der Waals surface area contributed by atoms with Crippen molar-refractivity contribution in [3.63, 3.8) is 0 Å². The molecule has 2 saturated carbocycles. The summed E-state index contributed by atoms with van der Waals surface area (Å²) in [7, 11) is 0. The zero-order chi connectivity index (χ0) is 17.4. The van der Waals surface area contributed by atoms with E-state index in [-0.39, 0.29) is 18.1 Å². The van der Waals surface area contributed by atoms with Crippen molar-refractivity contribution in [2.45, 2.75) is 64.3 Å². The Morgan fingerprint density at radius 2 is 1.64 bits per heavy atom. The van der Waals surface area contributed by atoms with Crippen molar-refractivity contribution in [2.24, 2.45) is 11.8 Å². The van der Waals surface area contributed by atoms with Gasteiger partial charge >= 0.3 is 0 Å². The lowest BCUT2D eigenvalue weighted by atomic mass is 10.1. The van der Waals surface area contributed by atoms with Gasteiger partial charge in [-0.2, -0.15) is 0 Å². The molecule has 1 aliphatic heterocycles. The van der Waals surface area contributed by atoms with Gasteiger partial charge in [0.05, 0.1) is 12.2 Å². The second-order valence-electron chi connectivity index (χ2n) is 8.32. The Labute approximate surface area is 150 Å². The fourth-order valence-corrected chi connectivity index (χ4v) is 4.20. The number of hydrogen-bond acceptors (Lipinski definition) is 3. The molecule has 4 nitrogen and oxygen atoms in total. The summed E-state index contributed by atoms with van der Waals surface area (Å²) in [6.45, 7) is 7.12. The van der Waals surface area contributed by atoms with Crippen LogP contribution in [0.1, 0.15) is 55.5 Å². The van der Waals surface area contributed by atoms with Crippen LogP contribution in [0.5, 0.6) is 0 Å². The van der Waals surface area contributed by atoms with Crippen LogP contribution in [0.15, 0.2) is 24.3 Å². The van der Waals surface area contributed by atoms with Gasteiger partial charge in [0.2, 0.25) is 0 Å². The summed E-state index contributed by atoms with van der Waals surface area (Å²) in [5.74, 6) is 1.58. The van der Waals surface area contributed by atoms with Gasteiger partial charge < -0.3 is 10.1 Å². The average Bonchev–Trinajstić information content (AvgIpc) is 3.46. The van der Waals surface area contributed by atoms with Crippen LogP contribution in [0, 0.1) is 11.8 Å². The highest BCUT2D eigenvalue weighted by molar-refractivity contribution is 5.94. The molecule has 3 aliphatic rings. The number of carbonyl (C=O) groups excluding carboxylic acids is 1. The number of amides is 1. The summed E-state index contributed by atoms with van der Waals surface area (Å²) in [5.41, 5.74) is 2.05. The highest BCUT2D eigenvalue weighted by atomic mass is 16.5. The number of rotatable bonds is 6. The molecule has 0 aromatic heterocycles. The van der Waals surface area contributed by atoms with Gasteiger partial charge in [-0.25, -0.2) is 0 Å². The van der Waals surface area contributed by atoms with Gasteiger partial charge in [-0.1, -0.05) is 12.1 Å². The minimum atomic E-state index is 0.101. The van der Waals surface area contributed by atoms with Crippen LogP contribution in [0.25, 0.3) is 0 Å². The minimum absolute atomic E-state index is 0.101. The Balaban J connectivity index is 1.34. The van der Waals surface area contributed by atoms with Crippen molar-refractivity contribution in [2.75, 3.05) is 13.1 Å². The van der Waals surface area contributed by atoms with Gasteiger partial charge in [0, 0.05) is 31.2 Å². The van der Waals surface area contributed by atoms with Crippen LogP contribution >= 0.6 is 0 Å². The van der Waals surface area contributed by atoms with Gasteiger partial charge in [-0.3, -0.25) is 9.69 Å². The predicted molar refractivity (Wildman–Crippen MR) is 98.4 cm³/mol. The standard InChI is InChI=1S/C21H30N2O2/c1-14-11-23(12-15(2)25-14)13-16-3-5-19(6-4-16)21(24)22-20(17-7-8-17)18-9-10-18/h3-6,14-15,17-18,20H,7-13H2,1-2H3,(H,22,24)/t14-,15+. The lowest BCUT2D eigenvalue weighted by Crippen LogP contribution is -2.44. The lowest BCUT2D eigenvalue weighted by molar-refractivity contribution is -0.0704. The molecular formula is C21H30N2O2. The number of hydrogen-bond donors (Lipinski definition) is 1. The first-order valence-electron chi connectivity index (χ1n) is 9.86. The van der Waals surface area contributed by atoms with E-state index in [9.17, 15) is 4.79 Å². The van der Waals surface area contributed by atoms with E-state index in [4.69, 9.17) is 4.74 Å². The molecule has 1 amide bonds. The molecule has 1 N–H and O–H groups in total. The molecule has 4 rings (SSSR count). The van der Waals surface area contributed by atoms with Crippen molar-refractivity contribution in [3.8, 4) is 0 Å². The Hall–Kier alpha value is -1.39. The fraction of sp³-hybridized carbons (Fsp3) is 0.667. The maximum absolute atomic E-state index is 12.6. The molecule has 0 unspecified atom stereocenters. The van der Waals surface area contributed by atoms with Gasteiger partial charge in [0.25, 0.3) is 5.91 Å². The number of nitrogens with zero attached hydrogens (tertiary/aromatic N) is 1. The summed E-state index contributed by atoms with van der Waals surface area (Å²) in [4.78, 5) is 15.0. The third-order valence-electron chi connectivity index (χ3n) is 5.68. The van der Waals surface area contributed by atoms with E-state index >= 15 is 0 Å². The maximum Gasteiger partial charge on any atom is 0.251 e. The Morgan fingerprint density at radius 1 is 1.08 bits per heavy atom. The van der Waals surface area contributed by atoms with Crippen LogP contribution in [-0.4, -0.2) is 42.1 Å². The summed E-state index contributed by atoms with van der Waals surface area (Å²) < 4.78 is 5.80. The molecule has 3 fully saturated rings. The van der Waals surface area contributed by atoms with Gasteiger partial charge in [0.1, 0.15) is 0 Å². The SMILES string of the molecule is C[C@@H]1CN(Cc2ccc(C(=O)NC(C3CC3)C3CC3)cc2)C[C@H](C)O1. The van der Waals surface area contributed by atoms with Crippen molar-refractivity contribution >= 4 is 5.91 Å². The van der Waals surface area contributed by atoms with Crippen molar-refractivity contribution in [3.05, 3.63) is 35.4 Å². The molecule has 0 radical (unpaired) electrons. The summed E-state index contributed by atoms with van der Waals surface area (Å²) in [6, 6.07) is 8.58. The van der Waals surface area contributed by atoms with Gasteiger partial charge in [0.15, 0.2) is 0 Å². The van der Waals surface area contributed by atoms with Crippen LogP contribution in [-0.2, 0) is 11.3 Å².